The predicted molar refractivity (Wildman–Crippen MR) is 22.9 cm³/mol. The Morgan fingerprint density at radius 1 is 1.83 bits per heavy atom. The van der Waals surface area contributed by atoms with E-state index in [-0.39, 0.29) is 0 Å². The van der Waals surface area contributed by atoms with Crippen LogP contribution in [0.15, 0.2) is 12.2 Å². The molecule has 0 aromatic carbocycles. The van der Waals surface area contributed by atoms with E-state index in [0.717, 1.165) is 0 Å². The Morgan fingerprint density at radius 2 is 2.33 bits per heavy atom. The molecule has 2 nitrogen and oxygen atoms in total. The zero-order valence-corrected chi connectivity index (χ0v) is 3.56. The van der Waals surface area contributed by atoms with E-state index < -0.39 is 5.91 Å². The van der Waals surface area contributed by atoms with Crippen LogP contribution in [0, 0.1) is 0 Å². The zero-order valence-electron chi connectivity index (χ0n) is 3.56. The molecule has 0 heterocycles. The minimum Gasteiger partial charge on any atom is -0.268 e. The Balaban J connectivity index is 3.30. The summed E-state index contributed by atoms with van der Waals surface area (Å²) in [5.41, 5.74) is 6.25. The molecule has 0 aliphatic rings. The van der Waals surface area contributed by atoms with Gasteiger partial charge in [-0.1, -0.05) is 6.08 Å². The first kappa shape index (κ1) is 5.21. The van der Waals surface area contributed by atoms with E-state index in [1.54, 1.807) is 6.92 Å². The summed E-state index contributed by atoms with van der Waals surface area (Å²) in [7, 11) is 0. The first-order valence-electron chi connectivity index (χ1n) is 1.65. The van der Waals surface area contributed by atoms with Gasteiger partial charge in [-0.05, 0) is 6.92 Å². The van der Waals surface area contributed by atoms with Crippen molar-refractivity contribution < 1.29 is 4.79 Å². The molecule has 1 N–H and O–H groups in total. The first-order valence-corrected chi connectivity index (χ1v) is 1.65. The number of nitrogens with one attached hydrogen (secondary N) is 1. The molecule has 0 spiro atoms. The minimum absolute atomic E-state index is 0.641. The number of amides is 1. The molecule has 0 rings (SSSR count). The summed E-state index contributed by atoms with van der Waals surface area (Å²) in [6.45, 7) is 1.70. The van der Waals surface area contributed by atoms with Gasteiger partial charge >= 0.3 is 0 Å². The van der Waals surface area contributed by atoms with Gasteiger partial charge < -0.3 is 0 Å². The van der Waals surface area contributed by atoms with Crippen LogP contribution in [0.5, 0.6) is 0 Å². The highest BCUT2D eigenvalue weighted by atomic mass is 16.1. The topological polar surface area (TPSA) is 40.9 Å². The molecule has 0 aromatic rings. The van der Waals surface area contributed by atoms with Gasteiger partial charge in [-0.2, -0.15) is 0 Å². The molecule has 0 saturated heterocycles. The predicted octanol–water partition coefficient (Wildman–Crippen LogP) is 0.372. The molecule has 0 aliphatic carbocycles. The van der Waals surface area contributed by atoms with Crippen LogP contribution in [0.1, 0.15) is 6.92 Å². The first-order chi connectivity index (χ1) is 2.77. The van der Waals surface area contributed by atoms with Crippen LogP contribution >= 0.6 is 0 Å². The van der Waals surface area contributed by atoms with E-state index >= 15 is 0 Å². The summed E-state index contributed by atoms with van der Waals surface area (Å²) in [6.07, 6.45) is 2.73. The highest BCUT2D eigenvalue weighted by Gasteiger charge is 1.75. The Morgan fingerprint density at radius 3 is 2.33 bits per heavy atom. The van der Waals surface area contributed by atoms with Crippen LogP contribution in [0.2, 0.25) is 0 Å². The molecule has 0 saturated carbocycles. The van der Waals surface area contributed by atoms with Gasteiger partial charge in [-0.15, -0.1) is 0 Å². The lowest BCUT2D eigenvalue weighted by atomic mass is 10.5. The van der Waals surface area contributed by atoms with Crippen molar-refractivity contribution in [2.75, 3.05) is 0 Å². The second-order valence-corrected chi connectivity index (χ2v) is 0.864. The third kappa shape index (κ3) is 3.21. The van der Waals surface area contributed by atoms with Crippen LogP contribution in [-0.4, -0.2) is 5.91 Å². The lowest BCUT2D eigenvalue weighted by Gasteiger charge is -1.67. The summed E-state index contributed by atoms with van der Waals surface area (Å²) >= 11 is 0. The average molecular weight is 84.1 g/mol. The van der Waals surface area contributed by atoms with Crippen LogP contribution < -0.4 is 5.73 Å². The minimum atomic E-state index is -0.641. The van der Waals surface area contributed by atoms with Crippen molar-refractivity contribution in [2.24, 2.45) is 0 Å². The van der Waals surface area contributed by atoms with Crippen molar-refractivity contribution in [3.8, 4) is 0 Å². The van der Waals surface area contributed by atoms with Gasteiger partial charge in [0.2, 0.25) is 0 Å². The fourth-order valence-electron chi connectivity index (χ4n) is 0.151. The van der Waals surface area contributed by atoms with Gasteiger partial charge in [-0.25, -0.2) is 0 Å². The van der Waals surface area contributed by atoms with E-state index in [9.17, 15) is 4.79 Å². The third-order valence-electron chi connectivity index (χ3n) is 0.318. The fraction of sp³-hybridized carbons (Fsp3) is 0.250. The molecule has 0 fully saturated rings. The van der Waals surface area contributed by atoms with Gasteiger partial charge in [0.05, 0.1) is 0 Å². The molecule has 33 valence electrons. The maximum absolute atomic E-state index is 9.62. The maximum Gasteiger partial charge on any atom is 0.262 e. The summed E-state index contributed by atoms with van der Waals surface area (Å²) in [5.74, 6) is -0.641. The summed E-state index contributed by atoms with van der Waals surface area (Å²) in [5, 5.41) is 0. The zero-order chi connectivity index (χ0) is 4.99. The maximum atomic E-state index is 9.62. The van der Waals surface area contributed by atoms with Crippen LogP contribution in [0.4, 0.5) is 0 Å². The standard InChI is InChI=1S/C4H6NO/c1-2-3-4(5)6/h2-3,5H,1H3/b3-2-. The summed E-state index contributed by atoms with van der Waals surface area (Å²) in [4.78, 5) is 9.62. The number of allylic oxidation sites excluding steroid dienone is 1. The third-order valence-corrected chi connectivity index (χ3v) is 0.318. The van der Waals surface area contributed by atoms with E-state index in [4.69, 9.17) is 5.73 Å². The number of rotatable bonds is 1. The molecule has 1 amide bonds. The molecule has 0 aromatic heterocycles. The SMILES string of the molecule is C/C=C\C([NH])=O. The van der Waals surface area contributed by atoms with Crippen LogP contribution in [0.25, 0.3) is 0 Å². The van der Waals surface area contributed by atoms with Crippen LogP contribution in [0.3, 0.4) is 0 Å². The van der Waals surface area contributed by atoms with Crippen molar-refractivity contribution in [2.45, 2.75) is 6.92 Å². The molecule has 0 aliphatic heterocycles. The molecule has 0 unspecified atom stereocenters. The quantitative estimate of drug-likeness (QED) is 0.423. The molecule has 0 bridgehead atoms. The van der Waals surface area contributed by atoms with Gasteiger partial charge in [0.1, 0.15) is 0 Å². The molecular weight excluding hydrogens is 78.0 g/mol. The lowest BCUT2D eigenvalue weighted by Crippen LogP contribution is -1.87. The van der Waals surface area contributed by atoms with Gasteiger partial charge in [-0.3, -0.25) is 10.5 Å². The van der Waals surface area contributed by atoms with Crippen molar-refractivity contribution in [1.29, 1.82) is 0 Å². The Labute approximate surface area is 36.6 Å². The van der Waals surface area contributed by atoms with Crippen molar-refractivity contribution in [3.63, 3.8) is 0 Å². The Bertz CT molecular complexity index is 75.6. The molecule has 1 radical (unpaired) electrons. The highest BCUT2D eigenvalue weighted by molar-refractivity contribution is 5.84. The van der Waals surface area contributed by atoms with Crippen molar-refractivity contribution in [1.82, 2.24) is 5.73 Å². The van der Waals surface area contributed by atoms with Gasteiger partial charge in [0.15, 0.2) is 0 Å². The number of carbonyl (C=O) groups is 1. The largest absolute Gasteiger partial charge is 0.268 e. The molecule has 0 atom stereocenters. The summed E-state index contributed by atoms with van der Waals surface area (Å²) < 4.78 is 0. The van der Waals surface area contributed by atoms with E-state index in [1.165, 1.54) is 12.2 Å². The highest BCUT2D eigenvalue weighted by Crippen LogP contribution is 1.64. The van der Waals surface area contributed by atoms with E-state index in [0.29, 0.717) is 0 Å². The van der Waals surface area contributed by atoms with Crippen LogP contribution in [-0.2, 0) is 4.79 Å². The van der Waals surface area contributed by atoms with Gasteiger partial charge in [0.25, 0.3) is 5.91 Å². The second kappa shape index (κ2) is 2.45. The Hall–Kier alpha value is -0.790. The summed E-state index contributed by atoms with van der Waals surface area (Å²) in [6, 6.07) is 0. The van der Waals surface area contributed by atoms with Crippen molar-refractivity contribution in [3.05, 3.63) is 12.2 Å². The smallest absolute Gasteiger partial charge is 0.262 e. The molecular formula is C4H6NO. The fourth-order valence-corrected chi connectivity index (χ4v) is 0.151. The Kier molecular flexibility index (Phi) is 2.13. The lowest BCUT2D eigenvalue weighted by molar-refractivity contribution is -0.114. The number of hydrogen-bond acceptors (Lipinski definition) is 1. The number of carbonyl (C=O) groups excluding carboxylic acids is 1. The second-order valence-electron chi connectivity index (χ2n) is 0.864. The molecule has 2 heteroatoms. The monoisotopic (exact) mass is 84.0 g/mol. The normalized spacial score (nSPS) is 9.50. The van der Waals surface area contributed by atoms with E-state index in [2.05, 4.69) is 0 Å². The number of hydrogen-bond donors (Lipinski definition) is 0. The molecule has 6 heavy (non-hydrogen) atoms. The van der Waals surface area contributed by atoms with Gasteiger partial charge in [0, 0.05) is 6.08 Å². The van der Waals surface area contributed by atoms with Crippen molar-refractivity contribution >= 4 is 5.91 Å². The van der Waals surface area contributed by atoms with E-state index in [1.807, 2.05) is 0 Å². The average Bonchev–Trinajstić information content (AvgIpc) is 1.35.